The fourth-order valence-electron chi connectivity index (χ4n) is 1.51. The number of carbonyl (C=O) groups is 1. The molecule has 1 aliphatic rings. The SMILES string of the molecule is O=C(O)C(F)(F)c1cc2c(o1)CCNC2. The second kappa shape index (κ2) is 3.30. The van der Waals surface area contributed by atoms with Crippen LogP contribution in [-0.2, 0) is 23.7 Å². The maximum absolute atomic E-state index is 13.1. The van der Waals surface area contributed by atoms with Crippen LogP contribution in [0.1, 0.15) is 17.1 Å². The minimum atomic E-state index is -3.95. The first-order chi connectivity index (χ1) is 7.01. The third-order valence-corrected chi connectivity index (χ3v) is 2.32. The van der Waals surface area contributed by atoms with Crippen LogP contribution in [0.25, 0.3) is 0 Å². The molecule has 1 aliphatic heterocycles. The molecular weight excluding hydrogens is 208 g/mol. The second-order valence-corrected chi connectivity index (χ2v) is 3.37. The van der Waals surface area contributed by atoms with Gasteiger partial charge in [0.25, 0.3) is 0 Å². The largest absolute Gasteiger partial charge is 0.476 e. The quantitative estimate of drug-likeness (QED) is 0.778. The van der Waals surface area contributed by atoms with Gasteiger partial charge in [0.1, 0.15) is 5.76 Å². The minimum Gasteiger partial charge on any atom is -0.476 e. The van der Waals surface area contributed by atoms with Crippen molar-refractivity contribution in [3.8, 4) is 0 Å². The van der Waals surface area contributed by atoms with Crippen molar-refractivity contribution in [1.82, 2.24) is 5.32 Å². The molecule has 15 heavy (non-hydrogen) atoms. The van der Waals surface area contributed by atoms with Crippen LogP contribution in [0.5, 0.6) is 0 Å². The summed E-state index contributed by atoms with van der Waals surface area (Å²) in [6, 6.07) is 1.11. The third-order valence-electron chi connectivity index (χ3n) is 2.32. The van der Waals surface area contributed by atoms with Crippen molar-refractivity contribution in [2.45, 2.75) is 18.9 Å². The summed E-state index contributed by atoms with van der Waals surface area (Å²) in [4.78, 5) is 10.3. The van der Waals surface area contributed by atoms with E-state index < -0.39 is 17.7 Å². The zero-order chi connectivity index (χ0) is 11.1. The van der Waals surface area contributed by atoms with Gasteiger partial charge in [-0.2, -0.15) is 8.78 Å². The highest BCUT2D eigenvalue weighted by atomic mass is 19.3. The maximum atomic E-state index is 13.1. The molecule has 0 amide bonds. The van der Waals surface area contributed by atoms with Gasteiger partial charge in [0.15, 0.2) is 5.76 Å². The van der Waals surface area contributed by atoms with Crippen LogP contribution in [0.4, 0.5) is 8.78 Å². The van der Waals surface area contributed by atoms with Gasteiger partial charge in [0, 0.05) is 25.1 Å². The van der Waals surface area contributed by atoms with Crippen LogP contribution in [-0.4, -0.2) is 17.6 Å². The van der Waals surface area contributed by atoms with Gasteiger partial charge >= 0.3 is 11.9 Å². The zero-order valence-electron chi connectivity index (χ0n) is 7.72. The van der Waals surface area contributed by atoms with E-state index >= 15 is 0 Å². The summed E-state index contributed by atoms with van der Waals surface area (Å²) >= 11 is 0. The number of carboxylic acids is 1. The average Bonchev–Trinajstić information content (AvgIpc) is 2.61. The number of halogens is 2. The van der Waals surface area contributed by atoms with Crippen LogP contribution >= 0.6 is 0 Å². The Morgan fingerprint density at radius 3 is 2.93 bits per heavy atom. The summed E-state index contributed by atoms with van der Waals surface area (Å²) in [5.74, 6) is -6.48. The van der Waals surface area contributed by atoms with E-state index in [4.69, 9.17) is 9.52 Å². The molecule has 0 bridgehead atoms. The topological polar surface area (TPSA) is 62.5 Å². The average molecular weight is 217 g/mol. The Morgan fingerprint density at radius 2 is 2.33 bits per heavy atom. The molecule has 0 unspecified atom stereocenters. The van der Waals surface area contributed by atoms with Gasteiger partial charge in [0.05, 0.1) is 0 Å². The van der Waals surface area contributed by atoms with E-state index in [-0.39, 0.29) is 0 Å². The number of furan rings is 1. The normalized spacial score (nSPS) is 16.1. The Kier molecular flexibility index (Phi) is 2.22. The Balaban J connectivity index is 2.37. The van der Waals surface area contributed by atoms with Gasteiger partial charge in [0.2, 0.25) is 0 Å². The number of alkyl halides is 2. The predicted octanol–water partition coefficient (Wildman–Crippen LogP) is 1.10. The molecule has 0 spiro atoms. The molecule has 2 rings (SSSR count). The van der Waals surface area contributed by atoms with E-state index in [9.17, 15) is 13.6 Å². The fraction of sp³-hybridized carbons (Fsp3) is 0.444. The van der Waals surface area contributed by atoms with Crippen molar-refractivity contribution in [1.29, 1.82) is 0 Å². The van der Waals surface area contributed by atoms with Crippen molar-refractivity contribution in [2.75, 3.05) is 6.54 Å². The maximum Gasteiger partial charge on any atom is 0.399 e. The summed E-state index contributed by atoms with van der Waals surface area (Å²) in [5, 5.41) is 11.3. The van der Waals surface area contributed by atoms with Crippen LogP contribution < -0.4 is 5.32 Å². The Hall–Kier alpha value is -1.43. The van der Waals surface area contributed by atoms with Gasteiger partial charge in [-0.05, 0) is 6.07 Å². The number of hydrogen-bond donors (Lipinski definition) is 2. The van der Waals surface area contributed by atoms with E-state index in [0.717, 1.165) is 6.07 Å². The minimum absolute atomic E-state index is 0.439. The number of aliphatic carboxylic acids is 1. The van der Waals surface area contributed by atoms with E-state index in [1.165, 1.54) is 0 Å². The molecule has 2 N–H and O–H groups in total. The van der Waals surface area contributed by atoms with E-state index in [1.807, 2.05) is 0 Å². The van der Waals surface area contributed by atoms with Crippen molar-refractivity contribution in [3.05, 3.63) is 23.2 Å². The third kappa shape index (κ3) is 1.61. The summed E-state index contributed by atoms with van der Waals surface area (Å²) in [7, 11) is 0. The summed E-state index contributed by atoms with van der Waals surface area (Å²) < 4.78 is 31.0. The van der Waals surface area contributed by atoms with E-state index in [2.05, 4.69) is 5.32 Å². The van der Waals surface area contributed by atoms with Crippen LogP contribution in [0.15, 0.2) is 10.5 Å². The zero-order valence-corrected chi connectivity index (χ0v) is 7.72. The number of fused-ring (bicyclic) bond motifs is 1. The molecule has 6 heteroatoms. The molecule has 0 saturated carbocycles. The van der Waals surface area contributed by atoms with Gasteiger partial charge in [-0.15, -0.1) is 0 Å². The van der Waals surface area contributed by atoms with Crippen LogP contribution in [0.2, 0.25) is 0 Å². The molecule has 0 aromatic carbocycles. The summed E-state index contributed by atoms with van der Waals surface area (Å²) in [6.07, 6.45) is 0.505. The highest BCUT2D eigenvalue weighted by Gasteiger charge is 2.45. The molecule has 0 radical (unpaired) electrons. The number of hydrogen-bond acceptors (Lipinski definition) is 3. The highest BCUT2D eigenvalue weighted by molar-refractivity contribution is 5.76. The molecule has 2 heterocycles. The molecule has 82 valence electrons. The van der Waals surface area contributed by atoms with Gasteiger partial charge in [-0.25, -0.2) is 4.79 Å². The lowest BCUT2D eigenvalue weighted by Crippen LogP contribution is -2.24. The van der Waals surface area contributed by atoms with Crippen LogP contribution in [0, 0.1) is 0 Å². The number of carboxylic acid groups (broad SMARTS) is 1. The standard InChI is InChI=1S/C9H9F2NO3/c10-9(11,8(13)14)7-3-5-4-12-2-1-6(5)15-7/h3,12H,1-2,4H2,(H,13,14). The van der Waals surface area contributed by atoms with Gasteiger partial charge < -0.3 is 14.8 Å². The number of nitrogens with one attached hydrogen (secondary N) is 1. The lowest BCUT2D eigenvalue weighted by atomic mass is 10.1. The first-order valence-electron chi connectivity index (χ1n) is 4.46. The van der Waals surface area contributed by atoms with E-state index in [0.29, 0.717) is 30.8 Å². The van der Waals surface area contributed by atoms with Crippen LogP contribution in [0.3, 0.4) is 0 Å². The smallest absolute Gasteiger partial charge is 0.399 e. The fourth-order valence-corrected chi connectivity index (χ4v) is 1.51. The molecule has 1 aromatic heterocycles. The predicted molar refractivity (Wildman–Crippen MR) is 45.6 cm³/mol. The molecule has 4 nitrogen and oxygen atoms in total. The number of rotatable bonds is 2. The summed E-state index contributed by atoms with van der Waals surface area (Å²) in [6.45, 7) is 1.09. The highest BCUT2D eigenvalue weighted by Crippen LogP contribution is 2.32. The molecule has 0 saturated heterocycles. The van der Waals surface area contributed by atoms with Crippen molar-refractivity contribution in [3.63, 3.8) is 0 Å². The first-order valence-corrected chi connectivity index (χ1v) is 4.46. The molecule has 0 fully saturated rings. The molecular formula is C9H9F2NO3. The summed E-state index contributed by atoms with van der Waals surface area (Å²) in [5.41, 5.74) is 0.608. The monoisotopic (exact) mass is 217 g/mol. The molecule has 0 aliphatic carbocycles. The van der Waals surface area contributed by atoms with Crippen molar-refractivity contribution in [2.24, 2.45) is 0 Å². The molecule has 0 atom stereocenters. The van der Waals surface area contributed by atoms with Gasteiger partial charge in [-0.3, -0.25) is 0 Å². The molecule has 1 aromatic rings. The Morgan fingerprint density at radius 1 is 1.60 bits per heavy atom. The lowest BCUT2D eigenvalue weighted by molar-refractivity contribution is -0.169. The van der Waals surface area contributed by atoms with Crippen molar-refractivity contribution >= 4 is 5.97 Å². The van der Waals surface area contributed by atoms with E-state index in [1.54, 1.807) is 0 Å². The van der Waals surface area contributed by atoms with Crippen molar-refractivity contribution < 1.29 is 23.1 Å². The van der Waals surface area contributed by atoms with Gasteiger partial charge in [-0.1, -0.05) is 0 Å². The first kappa shape index (κ1) is 10.1. The Labute approximate surface area is 83.9 Å². The lowest BCUT2D eigenvalue weighted by Gasteiger charge is -2.09. The Bertz CT molecular complexity index is 377. The second-order valence-electron chi connectivity index (χ2n) is 3.37.